The van der Waals surface area contributed by atoms with E-state index in [1.165, 1.54) is 0 Å². The van der Waals surface area contributed by atoms with E-state index in [4.69, 9.17) is 9.84 Å². The summed E-state index contributed by atoms with van der Waals surface area (Å²) in [6, 6.07) is 15.3. The first-order valence-corrected chi connectivity index (χ1v) is 8.51. The maximum absolute atomic E-state index is 12.0. The van der Waals surface area contributed by atoms with Crippen molar-refractivity contribution in [1.82, 2.24) is 5.32 Å². The fourth-order valence-electron chi connectivity index (χ4n) is 2.36. The number of nitrogens with one attached hydrogen (secondary N) is 2. The van der Waals surface area contributed by atoms with Gasteiger partial charge in [-0.2, -0.15) is 0 Å². The number of hydrogen-bond acceptors (Lipinski definition) is 3. The minimum absolute atomic E-state index is 0.133. The van der Waals surface area contributed by atoms with Crippen molar-refractivity contribution in [1.29, 1.82) is 0 Å². The number of carbonyl (C=O) groups excluding carboxylic acids is 1. The first-order valence-electron chi connectivity index (χ1n) is 8.51. The molecule has 2 aromatic rings. The lowest BCUT2D eigenvalue weighted by atomic mass is 10.1. The highest BCUT2D eigenvalue weighted by Crippen LogP contribution is 2.22. The Morgan fingerprint density at radius 2 is 1.96 bits per heavy atom. The highest BCUT2D eigenvalue weighted by Gasteiger charge is 2.08. The average Bonchev–Trinajstić information content (AvgIpc) is 2.61. The smallest absolute Gasteiger partial charge is 0.319 e. The lowest BCUT2D eigenvalue weighted by molar-refractivity contribution is 0.243. The number of aliphatic hydroxyl groups excluding tert-OH is 1. The first kappa shape index (κ1) is 18.8. The van der Waals surface area contributed by atoms with Crippen LogP contribution in [0.3, 0.4) is 0 Å². The normalized spacial score (nSPS) is 11.6. The second-order valence-corrected chi connectivity index (χ2v) is 6.20. The number of urea groups is 1. The summed E-state index contributed by atoms with van der Waals surface area (Å²) < 4.78 is 5.79. The number of rotatable bonds is 8. The van der Waals surface area contributed by atoms with Crippen LogP contribution in [0.2, 0.25) is 0 Å². The quantitative estimate of drug-likeness (QED) is 0.685. The van der Waals surface area contributed by atoms with Gasteiger partial charge in [-0.25, -0.2) is 4.79 Å². The van der Waals surface area contributed by atoms with Crippen molar-refractivity contribution in [2.75, 3.05) is 18.5 Å². The molecule has 1 atom stereocenters. The van der Waals surface area contributed by atoms with Crippen LogP contribution in [0.25, 0.3) is 0 Å². The van der Waals surface area contributed by atoms with E-state index < -0.39 is 0 Å². The van der Waals surface area contributed by atoms with Crippen LogP contribution in [0, 0.1) is 12.8 Å². The molecule has 0 radical (unpaired) electrons. The molecule has 2 rings (SSSR count). The molecule has 0 aliphatic rings. The monoisotopic (exact) mass is 342 g/mol. The van der Waals surface area contributed by atoms with Crippen molar-refractivity contribution in [3.05, 3.63) is 59.7 Å². The molecular formula is C20H26N2O3. The van der Waals surface area contributed by atoms with E-state index in [0.29, 0.717) is 19.6 Å². The van der Waals surface area contributed by atoms with E-state index in [1.807, 2.05) is 62.4 Å². The van der Waals surface area contributed by atoms with Gasteiger partial charge in [0, 0.05) is 18.8 Å². The molecule has 0 saturated heterocycles. The van der Waals surface area contributed by atoms with E-state index in [9.17, 15) is 4.79 Å². The number of carbonyl (C=O) groups is 1. The molecule has 0 saturated carbocycles. The van der Waals surface area contributed by atoms with Crippen molar-refractivity contribution < 1.29 is 14.6 Å². The molecule has 0 heterocycles. The number of amides is 2. The third kappa shape index (κ3) is 6.47. The average molecular weight is 342 g/mol. The van der Waals surface area contributed by atoms with Crippen LogP contribution in [0.5, 0.6) is 5.75 Å². The van der Waals surface area contributed by atoms with Crippen molar-refractivity contribution in [2.45, 2.75) is 26.9 Å². The molecule has 5 nitrogen and oxygen atoms in total. The van der Waals surface area contributed by atoms with E-state index in [0.717, 1.165) is 22.6 Å². The highest BCUT2D eigenvalue weighted by molar-refractivity contribution is 5.90. The number of anilines is 1. The molecule has 3 N–H and O–H groups in total. The lowest BCUT2D eigenvalue weighted by Gasteiger charge is -2.14. The van der Waals surface area contributed by atoms with E-state index in [1.54, 1.807) is 0 Å². The molecule has 0 aliphatic carbocycles. The van der Waals surface area contributed by atoms with E-state index in [2.05, 4.69) is 10.6 Å². The summed E-state index contributed by atoms with van der Waals surface area (Å²) >= 11 is 0. The summed E-state index contributed by atoms with van der Waals surface area (Å²) in [5, 5.41) is 14.5. The minimum atomic E-state index is -0.245. The van der Waals surface area contributed by atoms with Crippen molar-refractivity contribution in [3.8, 4) is 5.75 Å². The molecule has 0 aromatic heterocycles. The molecule has 0 bridgehead atoms. The maximum atomic E-state index is 12.0. The Morgan fingerprint density at radius 1 is 1.20 bits per heavy atom. The Labute approximate surface area is 149 Å². The molecule has 0 aliphatic heterocycles. The van der Waals surface area contributed by atoms with Gasteiger partial charge >= 0.3 is 6.03 Å². The van der Waals surface area contributed by atoms with Gasteiger partial charge in [-0.15, -0.1) is 0 Å². The van der Waals surface area contributed by atoms with Crippen LogP contribution in [-0.2, 0) is 6.61 Å². The Bertz CT molecular complexity index is 674. The third-order valence-corrected chi connectivity index (χ3v) is 3.93. The zero-order valence-corrected chi connectivity index (χ0v) is 14.8. The SMILES string of the molecule is Cc1cc(OCc2ccccc2)ccc1NC(=O)NCC(C)CCO. The molecule has 2 amide bonds. The van der Waals surface area contributed by atoms with Crippen molar-refractivity contribution >= 4 is 11.7 Å². The Balaban J connectivity index is 1.85. The summed E-state index contributed by atoms with van der Waals surface area (Å²) in [6.07, 6.45) is 0.673. The zero-order chi connectivity index (χ0) is 18.1. The number of aliphatic hydroxyl groups is 1. The predicted octanol–water partition coefficient (Wildman–Crippen LogP) is 3.71. The Hall–Kier alpha value is -2.53. The summed E-state index contributed by atoms with van der Waals surface area (Å²) in [6.45, 7) is 5.09. The van der Waals surface area contributed by atoms with Gasteiger partial charge < -0.3 is 20.5 Å². The number of benzene rings is 2. The van der Waals surface area contributed by atoms with Gasteiger partial charge in [-0.1, -0.05) is 37.3 Å². The first-order chi connectivity index (χ1) is 12.1. The van der Waals surface area contributed by atoms with Crippen LogP contribution in [0.4, 0.5) is 10.5 Å². The van der Waals surface area contributed by atoms with Gasteiger partial charge in [0.1, 0.15) is 12.4 Å². The van der Waals surface area contributed by atoms with Crippen LogP contribution in [0.15, 0.2) is 48.5 Å². The van der Waals surface area contributed by atoms with Gasteiger partial charge in [0.15, 0.2) is 0 Å². The van der Waals surface area contributed by atoms with Crippen molar-refractivity contribution in [2.24, 2.45) is 5.92 Å². The second-order valence-electron chi connectivity index (χ2n) is 6.20. The van der Waals surface area contributed by atoms with Crippen LogP contribution in [0.1, 0.15) is 24.5 Å². The number of aryl methyl sites for hydroxylation is 1. The molecule has 2 aromatic carbocycles. The van der Waals surface area contributed by atoms with Gasteiger partial charge in [-0.3, -0.25) is 0 Å². The van der Waals surface area contributed by atoms with Gasteiger partial charge in [0.2, 0.25) is 0 Å². The molecular weight excluding hydrogens is 316 g/mol. The van der Waals surface area contributed by atoms with Gasteiger partial charge in [-0.05, 0) is 48.6 Å². The molecule has 0 spiro atoms. The van der Waals surface area contributed by atoms with Crippen LogP contribution in [-0.4, -0.2) is 24.3 Å². The summed E-state index contributed by atoms with van der Waals surface area (Å²) in [7, 11) is 0. The molecule has 134 valence electrons. The molecule has 0 fully saturated rings. The molecule has 25 heavy (non-hydrogen) atoms. The summed E-state index contributed by atoms with van der Waals surface area (Å²) in [5.74, 6) is 1.01. The second kappa shape index (κ2) is 9.69. The topological polar surface area (TPSA) is 70.6 Å². The summed E-state index contributed by atoms with van der Waals surface area (Å²) in [4.78, 5) is 12.0. The van der Waals surface area contributed by atoms with Gasteiger partial charge in [0.25, 0.3) is 0 Å². The fraction of sp³-hybridized carbons (Fsp3) is 0.350. The minimum Gasteiger partial charge on any atom is -0.489 e. The largest absolute Gasteiger partial charge is 0.489 e. The number of ether oxygens (including phenoxy) is 1. The standard InChI is InChI=1S/C20H26N2O3/c1-15(10-11-23)13-21-20(24)22-19-9-8-18(12-16(19)2)25-14-17-6-4-3-5-7-17/h3-9,12,15,23H,10-11,13-14H2,1-2H3,(H2,21,22,24). The summed E-state index contributed by atoms with van der Waals surface area (Å²) in [5.41, 5.74) is 2.79. The molecule has 1 unspecified atom stereocenters. The third-order valence-electron chi connectivity index (χ3n) is 3.93. The lowest BCUT2D eigenvalue weighted by Crippen LogP contribution is -2.32. The maximum Gasteiger partial charge on any atom is 0.319 e. The van der Waals surface area contributed by atoms with Gasteiger partial charge in [0.05, 0.1) is 0 Å². The van der Waals surface area contributed by atoms with E-state index >= 15 is 0 Å². The Kier molecular flexibility index (Phi) is 7.29. The predicted molar refractivity (Wildman–Crippen MR) is 99.8 cm³/mol. The molecule has 5 heteroatoms. The van der Waals surface area contributed by atoms with Crippen molar-refractivity contribution in [3.63, 3.8) is 0 Å². The van der Waals surface area contributed by atoms with E-state index in [-0.39, 0.29) is 18.6 Å². The highest BCUT2D eigenvalue weighted by atomic mass is 16.5. The number of hydrogen-bond donors (Lipinski definition) is 3. The van der Waals surface area contributed by atoms with Crippen LogP contribution >= 0.6 is 0 Å². The fourth-order valence-corrected chi connectivity index (χ4v) is 2.36. The Morgan fingerprint density at radius 3 is 2.64 bits per heavy atom. The van der Waals surface area contributed by atoms with Crippen LogP contribution < -0.4 is 15.4 Å². The zero-order valence-electron chi connectivity index (χ0n) is 14.8.